The molecule has 0 aromatic carbocycles. The number of rotatable bonds is 2. The Labute approximate surface area is 77.6 Å². The molecule has 2 heteroatoms. The van der Waals surface area contributed by atoms with Gasteiger partial charge in [-0.3, -0.25) is 0 Å². The van der Waals surface area contributed by atoms with Gasteiger partial charge in [0.15, 0.2) is 0 Å². The van der Waals surface area contributed by atoms with E-state index in [9.17, 15) is 0 Å². The highest BCUT2D eigenvalue weighted by Crippen LogP contribution is 2.39. The van der Waals surface area contributed by atoms with E-state index >= 15 is 0 Å². The predicted octanol–water partition coefficient (Wildman–Crippen LogP) is 2.33. The molecule has 1 aliphatic heterocycles. The Bertz CT molecular complexity index is 117. The Balaban J connectivity index is 0.000000336. The van der Waals surface area contributed by atoms with Gasteiger partial charge < -0.3 is 5.32 Å². The minimum atomic E-state index is 0.914. The molecule has 0 aromatic rings. The topological polar surface area (TPSA) is 12.0 Å². The van der Waals surface area contributed by atoms with Crippen LogP contribution in [0.3, 0.4) is 0 Å². The van der Waals surface area contributed by atoms with Gasteiger partial charge in [0.05, 0.1) is 0 Å². The molecule has 1 N–H and O–H groups in total. The van der Waals surface area contributed by atoms with E-state index in [1.165, 1.54) is 25.9 Å². The second-order valence-corrected chi connectivity index (χ2v) is 3.95. The number of hydrogen-bond donors (Lipinski definition) is 1. The highest BCUT2D eigenvalue weighted by molar-refractivity contribution is 6.40. The maximum Gasteiger partial charge on any atom is 0.121 e. The molecule has 0 amide bonds. The van der Waals surface area contributed by atoms with Gasteiger partial charge in [0.1, 0.15) is 7.28 Å². The van der Waals surface area contributed by atoms with Crippen molar-refractivity contribution in [1.29, 1.82) is 0 Å². The molecule has 1 radical (unpaired) electrons. The summed E-state index contributed by atoms with van der Waals surface area (Å²) >= 11 is 0. The van der Waals surface area contributed by atoms with Crippen molar-refractivity contribution >= 4 is 7.28 Å². The number of hydrogen-bond acceptors (Lipinski definition) is 1. The van der Waals surface area contributed by atoms with Crippen LogP contribution in [-0.2, 0) is 0 Å². The summed E-state index contributed by atoms with van der Waals surface area (Å²) in [5.41, 5.74) is 0. The lowest BCUT2D eigenvalue weighted by Crippen LogP contribution is -2.43. The largest absolute Gasteiger partial charge is 0.318 e. The number of nitrogens with one attached hydrogen (secondary N) is 1. The average molecular weight is 166 g/mol. The monoisotopic (exact) mass is 166 g/mol. The third kappa shape index (κ3) is 2.51. The zero-order valence-corrected chi connectivity index (χ0v) is 8.64. The lowest BCUT2D eigenvalue weighted by Gasteiger charge is -2.37. The molecule has 1 nitrogen and oxygen atoms in total. The van der Waals surface area contributed by atoms with Crippen molar-refractivity contribution in [3.05, 3.63) is 0 Å². The van der Waals surface area contributed by atoms with Gasteiger partial charge in [0.25, 0.3) is 0 Å². The molecular formula is C10H21BN. The van der Waals surface area contributed by atoms with E-state index in [-0.39, 0.29) is 0 Å². The first kappa shape index (κ1) is 10.1. The van der Waals surface area contributed by atoms with Gasteiger partial charge in [0.2, 0.25) is 0 Å². The van der Waals surface area contributed by atoms with Gasteiger partial charge in [-0.15, -0.1) is 0 Å². The van der Waals surface area contributed by atoms with Crippen LogP contribution in [0.25, 0.3) is 0 Å². The van der Waals surface area contributed by atoms with Crippen LogP contribution in [0, 0.1) is 5.92 Å². The van der Waals surface area contributed by atoms with Crippen LogP contribution in [0.15, 0.2) is 0 Å². The molecule has 0 atom stereocenters. The lowest BCUT2D eigenvalue weighted by atomic mass is 9.45. The van der Waals surface area contributed by atoms with Crippen molar-refractivity contribution in [1.82, 2.24) is 5.32 Å². The maximum absolute atomic E-state index is 3.29. The van der Waals surface area contributed by atoms with Crippen LogP contribution in [0.4, 0.5) is 0 Å². The molecule has 2 rings (SSSR count). The van der Waals surface area contributed by atoms with Crippen LogP contribution in [0.5, 0.6) is 0 Å². The molecule has 2 fully saturated rings. The second kappa shape index (κ2) is 4.91. The fraction of sp³-hybridized carbons (Fsp3) is 1.00. The van der Waals surface area contributed by atoms with Crippen molar-refractivity contribution in [3.63, 3.8) is 0 Å². The van der Waals surface area contributed by atoms with E-state index < -0.39 is 0 Å². The van der Waals surface area contributed by atoms with E-state index in [1.807, 2.05) is 13.8 Å². The van der Waals surface area contributed by atoms with Gasteiger partial charge in [-0.1, -0.05) is 39.4 Å². The van der Waals surface area contributed by atoms with Gasteiger partial charge in [-0.25, -0.2) is 0 Å². The van der Waals surface area contributed by atoms with Crippen molar-refractivity contribution in [2.75, 3.05) is 13.1 Å². The van der Waals surface area contributed by atoms with Gasteiger partial charge >= 0.3 is 0 Å². The molecule has 0 unspecified atom stereocenters. The van der Waals surface area contributed by atoms with Crippen molar-refractivity contribution in [2.24, 2.45) is 5.92 Å². The molecule has 1 heterocycles. The summed E-state index contributed by atoms with van der Waals surface area (Å²) in [6.07, 6.45) is 2.91. The highest BCUT2D eigenvalue weighted by atomic mass is 14.9. The molecule has 69 valence electrons. The van der Waals surface area contributed by atoms with Crippen LogP contribution in [0.1, 0.15) is 33.6 Å². The molecule has 1 saturated carbocycles. The fourth-order valence-electron chi connectivity index (χ4n) is 1.95. The summed E-state index contributed by atoms with van der Waals surface area (Å²) in [5, 5.41) is 3.29. The van der Waals surface area contributed by atoms with Gasteiger partial charge in [-0.05, 0) is 24.8 Å². The van der Waals surface area contributed by atoms with Crippen LogP contribution < -0.4 is 5.32 Å². The third-order valence-corrected chi connectivity index (χ3v) is 2.77. The standard InChI is InChI=1S/C8H15BN.C2H6/c1-6-2-7(3-6)9-8-4-10-5-8;1-2/h6-8,10H,2-5H2,1H3;1-2H3. The second-order valence-electron chi connectivity index (χ2n) is 3.95. The summed E-state index contributed by atoms with van der Waals surface area (Å²) < 4.78 is 0. The summed E-state index contributed by atoms with van der Waals surface area (Å²) in [6, 6.07) is 0. The molecule has 0 spiro atoms. The third-order valence-electron chi connectivity index (χ3n) is 2.77. The smallest absolute Gasteiger partial charge is 0.121 e. The van der Waals surface area contributed by atoms with Crippen LogP contribution >= 0.6 is 0 Å². The van der Waals surface area contributed by atoms with Crippen LogP contribution in [0.2, 0.25) is 11.6 Å². The van der Waals surface area contributed by atoms with Gasteiger partial charge in [-0.2, -0.15) is 0 Å². The molecule has 0 aromatic heterocycles. The quantitative estimate of drug-likeness (QED) is 0.620. The Morgan fingerprint density at radius 2 is 1.67 bits per heavy atom. The van der Waals surface area contributed by atoms with E-state index in [4.69, 9.17) is 0 Å². The highest BCUT2D eigenvalue weighted by Gasteiger charge is 2.30. The Morgan fingerprint density at radius 3 is 2.00 bits per heavy atom. The Morgan fingerprint density at radius 1 is 1.08 bits per heavy atom. The molecule has 1 aliphatic carbocycles. The Kier molecular flexibility index (Phi) is 4.13. The lowest BCUT2D eigenvalue weighted by molar-refractivity contribution is 0.338. The normalized spacial score (nSPS) is 33.9. The van der Waals surface area contributed by atoms with Crippen molar-refractivity contribution in [3.8, 4) is 0 Å². The first-order chi connectivity index (χ1) is 5.84. The van der Waals surface area contributed by atoms with Gasteiger partial charge in [0, 0.05) is 0 Å². The van der Waals surface area contributed by atoms with E-state index in [1.54, 1.807) is 0 Å². The summed E-state index contributed by atoms with van der Waals surface area (Å²) in [5.74, 6) is 2.90. The SMILES string of the molecule is CC.CC1CC([B]C2CNC2)C1. The first-order valence-corrected chi connectivity index (χ1v) is 5.40. The molecule has 2 aliphatic rings. The zero-order chi connectivity index (χ0) is 8.97. The predicted molar refractivity (Wildman–Crippen MR) is 55.9 cm³/mol. The fourth-order valence-corrected chi connectivity index (χ4v) is 1.95. The minimum Gasteiger partial charge on any atom is -0.318 e. The summed E-state index contributed by atoms with van der Waals surface area (Å²) in [6.45, 7) is 8.83. The molecule has 0 bridgehead atoms. The average Bonchev–Trinajstić information content (AvgIpc) is 1.96. The zero-order valence-electron chi connectivity index (χ0n) is 8.64. The van der Waals surface area contributed by atoms with E-state index in [2.05, 4.69) is 19.5 Å². The van der Waals surface area contributed by atoms with E-state index in [0.29, 0.717) is 0 Å². The van der Waals surface area contributed by atoms with Crippen molar-refractivity contribution in [2.45, 2.75) is 45.2 Å². The van der Waals surface area contributed by atoms with E-state index in [0.717, 1.165) is 17.6 Å². The molecular weight excluding hydrogens is 145 g/mol. The molecule has 12 heavy (non-hydrogen) atoms. The summed E-state index contributed by atoms with van der Waals surface area (Å²) in [7, 11) is 2.57. The maximum atomic E-state index is 3.29. The minimum absolute atomic E-state index is 0.914. The molecule has 1 saturated heterocycles. The Hall–Kier alpha value is 0.0249. The summed E-state index contributed by atoms with van der Waals surface area (Å²) in [4.78, 5) is 0. The van der Waals surface area contributed by atoms with Crippen LogP contribution in [-0.4, -0.2) is 20.4 Å². The first-order valence-electron chi connectivity index (χ1n) is 5.40. The van der Waals surface area contributed by atoms with Crippen molar-refractivity contribution < 1.29 is 0 Å².